The van der Waals surface area contributed by atoms with E-state index in [4.69, 9.17) is 4.74 Å². The molecule has 1 N–H and O–H groups in total. The SMILES string of the molecule is CCC(C)NC/C=C/c1ccc(OC)cc1.Cl. The summed E-state index contributed by atoms with van der Waals surface area (Å²) in [6.07, 6.45) is 5.43. The molecule has 1 atom stereocenters. The van der Waals surface area contributed by atoms with E-state index in [1.165, 1.54) is 5.56 Å². The summed E-state index contributed by atoms with van der Waals surface area (Å²) < 4.78 is 5.10. The first kappa shape index (κ1) is 16.0. The van der Waals surface area contributed by atoms with Gasteiger partial charge in [-0.3, -0.25) is 0 Å². The predicted molar refractivity (Wildman–Crippen MR) is 77.0 cm³/mol. The minimum absolute atomic E-state index is 0. The maximum Gasteiger partial charge on any atom is 0.118 e. The van der Waals surface area contributed by atoms with Gasteiger partial charge in [-0.2, -0.15) is 0 Å². The van der Waals surface area contributed by atoms with Crippen molar-refractivity contribution in [3.8, 4) is 5.75 Å². The maximum atomic E-state index is 5.10. The lowest BCUT2D eigenvalue weighted by Crippen LogP contribution is -2.24. The summed E-state index contributed by atoms with van der Waals surface area (Å²) in [6.45, 7) is 5.30. The van der Waals surface area contributed by atoms with Gasteiger partial charge in [0.15, 0.2) is 0 Å². The third-order valence-electron chi connectivity index (χ3n) is 2.62. The summed E-state index contributed by atoms with van der Waals surface area (Å²) in [5.41, 5.74) is 1.20. The van der Waals surface area contributed by atoms with Crippen molar-refractivity contribution < 1.29 is 4.74 Å². The number of nitrogens with one attached hydrogen (secondary N) is 1. The Hall–Kier alpha value is -0.990. The molecule has 1 unspecified atom stereocenters. The lowest BCUT2D eigenvalue weighted by Gasteiger charge is -2.07. The fraction of sp³-hybridized carbons (Fsp3) is 0.429. The highest BCUT2D eigenvalue weighted by molar-refractivity contribution is 5.85. The van der Waals surface area contributed by atoms with Crippen molar-refractivity contribution in [1.82, 2.24) is 5.32 Å². The highest BCUT2D eigenvalue weighted by Gasteiger charge is 1.93. The third kappa shape index (κ3) is 6.35. The van der Waals surface area contributed by atoms with Crippen LogP contribution in [0, 0.1) is 0 Å². The molecule has 0 saturated carbocycles. The fourth-order valence-electron chi connectivity index (χ4n) is 1.32. The van der Waals surface area contributed by atoms with Crippen molar-refractivity contribution >= 4 is 18.5 Å². The molecule has 17 heavy (non-hydrogen) atoms. The van der Waals surface area contributed by atoms with Gasteiger partial charge >= 0.3 is 0 Å². The summed E-state index contributed by atoms with van der Waals surface area (Å²) in [6, 6.07) is 8.64. The van der Waals surface area contributed by atoms with Crippen molar-refractivity contribution in [2.45, 2.75) is 26.3 Å². The zero-order valence-corrected chi connectivity index (χ0v) is 11.6. The highest BCUT2D eigenvalue weighted by Crippen LogP contribution is 2.11. The van der Waals surface area contributed by atoms with E-state index in [0.29, 0.717) is 6.04 Å². The van der Waals surface area contributed by atoms with Crippen LogP contribution in [-0.4, -0.2) is 19.7 Å². The molecule has 0 fully saturated rings. The molecule has 0 aliphatic heterocycles. The fourth-order valence-corrected chi connectivity index (χ4v) is 1.32. The number of methoxy groups -OCH3 is 1. The molecule has 1 rings (SSSR count). The number of hydrogen-bond acceptors (Lipinski definition) is 2. The molecule has 2 nitrogen and oxygen atoms in total. The highest BCUT2D eigenvalue weighted by atomic mass is 35.5. The van der Waals surface area contributed by atoms with E-state index in [1.54, 1.807) is 7.11 Å². The summed E-state index contributed by atoms with van der Waals surface area (Å²) in [5.74, 6) is 0.898. The standard InChI is InChI=1S/C14H21NO.ClH/c1-4-12(2)15-11-5-6-13-7-9-14(16-3)10-8-13;/h5-10,12,15H,4,11H2,1-3H3;1H/b6-5+;. The van der Waals surface area contributed by atoms with Gasteiger partial charge in [-0.05, 0) is 31.0 Å². The van der Waals surface area contributed by atoms with Gasteiger partial charge in [0.1, 0.15) is 5.75 Å². The number of halogens is 1. The minimum atomic E-state index is 0. The molecule has 1 aromatic carbocycles. The van der Waals surface area contributed by atoms with Crippen LogP contribution in [0.2, 0.25) is 0 Å². The molecule has 0 heterocycles. The first-order valence-corrected chi connectivity index (χ1v) is 5.80. The van der Waals surface area contributed by atoms with E-state index >= 15 is 0 Å². The van der Waals surface area contributed by atoms with E-state index in [-0.39, 0.29) is 12.4 Å². The predicted octanol–water partition coefficient (Wildman–Crippen LogP) is 3.52. The molecule has 0 aliphatic carbocycles. The van der Waals surface area contributed by atoms with Crippen LogP contribution in [0.3, 0.4) is 0 Å². The first-order chi connectivity index (χ1) is 7.76. The van der Waals surface area contributed by atoms with Crippen LogP contribution in [0.15, 0.2) is 30.3 Å². The molecule has 0 saturated heterocycles. The Labute approximate surface area is 110 Å². The largest absolute Gasteiger partial charge is 0.497 e. The third-order valence-corrected chi connectivity index (χ3v) is 2.62. The molecular weight excluding hydrogens is 234 g/mol. The van der Waals surface area contributed by atoms with E-state index in [2.05, 4.69) is 43.4 Å². The van der Waals surface area contributed by atoms with Crippen molar-refractivity contribution in [1.29, 1.82) is 0 Å². The zero-order valence-electron chi connectivity index (χ0n) is 10.8. The summed E-state index contributed by atoms with van der Waals surface area (Å²) >= 11 is 0. The number of benzene rings is 1. The second kappa shape index (κ2) is 9.08. The quantitative estimate of drug-likeness (QED) is 0.840. The monoisotopic (exact) mass is 255 g/mol. The second-order valence-electron chi connectivity index (χ2n) is 3.89. The minimum Gasteiger partial charge on any atom is -0.497 e. The van der Waals surface area contributed by atoms with Crippen molar-refractivity contribution in [3.63, 3.8) is 0 Å². The molecule has 0 bridgehead atoms. The van der Waals surface area contributed by atoms with Gasteiger partial charge in [0.2, 0.25) is 0 Å². The topological polar surface area (TPSA) is 21.3 Å². The summed E-state index contributed by atoms with van der Waals surface area (Å²) in [5, 5.41) is 3.41. The molecule has 0 spiro atoms. The average Bonchev–Trinajstić information content (AvgIpc) is 2.35. The molecule has 0 radical (unpaired) electrons. The van der Waals surface area contributed by atoms with Gasteiger partial charge in [-0.15, -0.1) is 12.4 Å². The van der Waals surface area contributed by atoms with Crippen LogP contribution in [-0.2, 0) is 0 Å². The zero-order chi connectivity index (χ0) is 11.8. The van der Waals surface area contributed by atoms with Gasteiger partial charge in [0.05, 0.1) is 7.11 Å². The van der Waals surface area contributed by atoms with Crippen LogP contribution in [0.25, 0.3) is 6.08 Å². The molecule has 1 aromatic rings. The smallest absolute Gasteiger partial charge is 0.118 e. The van der Waals surface area contributed by atoms with E-state index < -0.39 is 0 Å². The maximum absolute atomic E-state index is 5.10. The Bertz CT molecular complexity index is 321. The Kier molecular flexibility index (Phi) is 8.55. The van der Waals surface area contributed by atoms with Crippen molar-refractivity contribution in [2.75, 3.05) is 13.7 Å². The lowest BCUT2D eigenvalue weighted by atomic mass is 10.2. The summed E-state index contributed by atoms with van der Waals surface area (Å²) in [4.78, 5) is 0. The Balaban J connectivity index is 0.00000256. The van der Waals surface area contributed by atoms with Crippen LogP contribution in [0.5, 0.6) is 5.75 Å². The molecule has 3 heteroatoms. The van der Waals surface area contributed by atoms with Crippen LogP contribution in [0.4, 0.5) is 0 Å². The number of ether oxygens (including phenoxy) is 1. The van der Waals surface area contributed by atoms with Crippen LogP contribution in [0.1, 0.15) is 25.8 Å². The first-order valence-electron chi connectivity index (χ1n) is 5.80. The van der Waals surface area contributed by atoms with Crippen LogP contribution >= 0.6 is 12.4 Å². The lowest BCUT2D eigenvalue weighted by molar-refractivity contribution is 0.415. The van der Waals surface area contributed by atoms with Crippen molar-refractivity contribution in [3.05, 3.63) is 35.9 Å². The molecule has 0 aliphatic rings. The average molecular weight is 256 g/mol. The van der Waals surface area contributed by atoms with Crippen LogP contribution < -0.4 is 10.1 Å². The second-order valence-corrected chi connectivity index (χ2v) is 3.89. The normalized spacial score (nSPS) is 12.2. The van der Waals surface area contributed by atoms with Gasteiger partial charge in [0.25, 0.3) is 0 Å². The Morgan fingerprint density at radius 2 is 1.94 bits per heavy atom. The van der Waals surface area contributed by atoms with E-state index in [1.807, 2.05) is 12.1 Å². The van der Waals surface area contributed by atoms with Gasteiger partial charge in [0, 0.05) is 12.6 Å². The molecule has 0 aromatic heterocycles. The Morgan fingerprint density at radius 3 is 2.47 bits per heavy atom. The van der Waals surface area contributed by atoms with E-state index in [0.717, 1.165) is 18.7 Å². The summed E-state index contributed by atoms with van der Waals surface area (Å²) in [7, 11) is 1.68. The molecular formula is C14H22ClNO. The molecule has 96 valence electrons. The molecule has 0 amide bonds. The number of hydrogen-bond donors (Lipinski definition) is 1. The van der Waals surface area contributed by atoms with Gasteiger partial charge in [-0.25, -0.2) is 0 Å². The van der Waals surface area contributed by atoms with E-state index in [9.17, 15) is 0 Å². The van der Waals surface area contributed by atoms with Gasteiger partial charge in [-0.1, -0.05) is 31.2 Å². The Morgan fingerprint density at radius 1 is 1.29 bits per heavy atom. The van der Waals surface area contributed by atoms with Crippen molar-refractivity contribution in [2.24, 2.45) is 0 Å². The number of rotatable bonds is 6. The van der Waals surface area contributed by atoms with Gasteiger partial charge < -0.3 is 10.1 Å².